The zero-order chi connectivity index (χ0) is 19.6. The molecule has 1 aliphatic carbocycles. The molecule has 146 valence electrons. The highest BCUT2D eigenvalue weighted by atomic mass is 79.9. The van der Waals surface area contributed by atoms with E-state index in [2.05, 4.69) is 57.2 Å². The van der Waals surface area contributed by atoms with Crippen LogP contribution in [-0.2, 0) is 14.9 Å². The number of halogens is 1. The van der Waals surface area contributed by atoms with Gasteiger partial charge in [-0.3, -0.25) is 4.79 Å². The molecule has 1 spiro atoms. The van der Waals surface area contributed by atoms with Crippen molar-refractivity contribution in [2.75, 3.05) is 26.7 Å². The Hall–Kier alpha value is -1.91. The Morgan fingerprint density at radius 1 is 1.18 bits per heavy atom. The number of methoxy groups -OCH3 is 1. The van der Waals surface area contributed by atoms with E-state index in [-0.39, 0.29) is 17.3 Å². The number of esters is 1. The van der Waals surface area contributed by atoms with Crippen LogP contribution < -0.4 is 0 Å². The van der Waals surface area contributed by atoms with Gasteiger partial charge in [-0.05, 0) is 67.7 Å². The van der Waals surface area contributed by atoms with Crippen LogP contribution in [-0.4, -0.2) is 37.6 Å². The highest BCUT2D eigenvalue weighted by Crippen LogP contribution is 2.43. The third-order valence-electron chi connectivity index (χ3n) is 6.30. The van der Waals surface area contributed by atoms with E-state index in [0.717, 1.165) is 48.9 Å². The van der Waals surface area contributed by atoms with Gasteiger partial charge >= 0.3 is 5.97 Å². The second kappa shape index (κ2) is 8.22. The summed E-state index contributed by atoms with van der Waals surface area (Å²) in [7, 11) is 1.47. The lowest BCUT2D eigenvalue weighted by molar-refractivity contribution is -0.142. The van der Waals surface area contributed by atoms with E-state index in [1.54, 1.807) is 0 Å². The maximum Gasteiger partial charge on any atom is 0.313 e. The first kappa shape index (κ1) is 19.4. The highest BCUT2D eigenvalue weighted by Gasteiger charge is 2.37. The lowest BCUT2D eigenvalue weighted by atomic mass is 9.74. The van der Waals surface area contributed by atoms with Gasteiger partial charge in [-0.25, -0.2) is 0 Å². The molecule has 1 saturated heterocycles. The van der Waals surface area contributed by atoms with Crippen molar-refractivity contribution in [2.24, 2.45) is 0 Å². The third-order valence-corrected chi connectivity index (χ3v) is 6.79. The van der Waals surface area contributed by atoms with E-state index in [1.165, 1.54) is 18.2 Å². The van der Waals surface area contributed by atoms with Crippen LogP contribution in [0, 0.1) is 0 Å². The Labute approximate surface area is 175 Å². The molecule has 2 aliphatic rings. The van der Waals surface area contributed by atoms with Crippen LogP contribution in [0.25, 0.3) is 6.08 Å². The van der Waals surface area contributed by atoms with Gasteiger partial charge in [0.25, 0.3) is 0 Å². The molecule has 0 bridgehead atoms. The number of allylic oxidation sites excluding steroid dienone is 1. The maximum atomic E-state index is 12.4. The molecule has 0 amide bonds. The summed E-state index contributed by atoms with van der Waals surface area (Å²) in [4.78, 5) is 14.9. The molecule has 1 atom stereocenters. The van der Waals surface area contributed by atoms with E-state index >= 15 is 0 Å². The summed E-state index contributed by atoms with van der Waals surface area (Å²) in [6.45, 7) is 3.03. The summed E-state index contributed by atoms with van der Waals surface area (Å²) in [6.07, 6.45) is 7.75. The van der Waals surface area contributed by atoms with Crippen molar-refractivity contribution in [3.8, 4) is 0 Å². The molecule has 0 N–H and O–H groups in total. The molecular weight excluding hydrogens is 414 g/mol. The topological polar surface area (TPSA) is 29.5 Å². The van der Waals surface area contributed by atoms with E-state index < -0.39 is 0 Å². The molecule has 1 aliphatic heterocycles. The standard InChI is InChI=1S/C24H26BrNO2/c1-28-23(27)21(19-6-4-7-20(25)17-19)10-14-26-15-12-24(13-16-26)11-9-18-5-2-3-8-22(18)24/h2-9,11,17,21H,10,12-16H2,1H3. The number of fused-ring (bicyclic) bond motifs is 2. The summed E-state index contributed by atoms with van der Waals surface area (Å²) in [5, 5.41) is 0. The van der Waals surface area contributed by atoms with Crippen molar-refractivity contribution in [1.29, 1.82) is 0 Å². The second-order valence-electron chi connectivity index (χ2n) is 7.84. The molecule has 4 heteroatoms. The SMILES string of the molecule is COC(=O)C(CCN1CCC2(C=Cc3ccccc32)CC1)c1cccc(Br)c1. The first-order valence-corrected chi connectivity index (χ1v) is 10.7. The van der Waals surface area contributed by atoms with Crippen molar-refractivity contribution < 1.29 is 9.53 Å². The number of carbonyl (C=O) groups is 1. The highest BCUT2D eigenvalue weighted by molar-refractivity contribution is 9.10. The molecule has 4 rings (SSSR count). The minimum absolute atomic E-state index is 0.153. The molecule has 3 nitrogen and oxygen atoms in total. The molecule has 28 heavy (non-hydrogen) atoms. The van der Waals surface area contributed by atoms with Gasteiger partial charge in [-0.1, -0.05) is 64.5 Å². The summed E-state index contributed by atoms with van der Waals surface area (Å²) >= 11 is 3.51. The van der Waals surface area contributed by atoms with E-state index in [0.29, 0.717) is 0 Å². The number of nitrogens with zero attached hydrogens (tertiary/aromatic N) is 1. The van der Waals surface area contributed by atoms with Crippen LogP contribution in [0.15, 0.2) is 59.1 Å². The minimum Gasteiger partial charge on any atom is -0.469 e. The number of hydrogen-bond donors (Lipinski definition) is 0. The van der Waals surface area contributed by atoms with Crippen molar-refractivity contribution in [3.63, 3.8) is 0 Å². The van der Waals surface area contributed by atoms with Crippen LogP contribution in [0.2, 0.25) is 0 Å². The average Bonchev–Trinajstić information content (AvgIpc) is 3.08. The van der Waals surface area contributed by atoms with Gasteiger partial charge in [0, 0.05) is 9.89 Å². The van der Waals surface area contributed by atoms with Crippen LogP contribution in [0.5, 0.6) is 0 Å². The Morgan fingerprint density at radius 2 is 1.96 bits per heavy atom. The molecule has 1 unspecified atom stereocenters. The molecular formula is C24H26BrNO2. The smallest absolute Gasteiger partial charge is 0.313 e. The van der Waals surface area contributed by atoms with Crippen LogP contribution >= 0.6 is 15.9 Å². The Balaban J connectivity index is 1.39. The van der Waals surface area contributed by atoms with Crippen molar-refractivity contribution in [1.82, 2.24) is 4.90 Å². The maximum absolute atomic E-state index is 12.4. The number of rotatable bonds is 5. The zero-order valence-corrected chi connectivity index (χ0v) is 17.8. The summed E-state index contributed by atoms with van der Waals surface area (Å²) in [6, 6.07) is 16.8. The number of carbonyl (C=O) groups excluding carboxylic acids is 1. The quantitative estimate of drug-likeness (QED) is 0.602. The normalized spacial score (nSPS) is 18.8. The summed E-state index contributed by atoms with van der Waals surface area (Å²) < 4.78 is 6.07. The lowest BCUT2D eigenvalue weighted by Crippen LogP contribution is -2.41. The number of ether oxygens (including phenoxy) is 1. The van der Waals surface area contributed by atoms with Gasteiger partial charge in [0.15, 0.2) is 0 Å². The Bertz CT molecular complexity index is 884. The van der Waals surface area contributed by atoms with E-state index in [9.17, 15) is 4.79 Å². The lowest BCUT2D eigenvalue weighted by Gasteiger charge is -2.39. The number of hydrogen-bond acceptors (Lipinski definition) is 3. The monoisotopic (exact) mass is 439 g/mol. The van der Waals surface area contributed by atoms with Crippen molar-refractivity contribution in [3.05, 3.63) is 75.8 Å². The first-order chi connectivity index (χ1) is 13.6. The van der Waals surface area contributed by atoms with Crippen LogP contribution in [0.4, 0.5) is 0 Å². The molecule has 1 heterocycles. The average molecular weight is 440 g/mol. The van der Waals surface area contributed by atoms with E-state index in [4.69, 9.17) is 4.74 Å². The Kier molecular flexibility index (Phi) is 5.70. The van der Waals surface area contributed by atoms with Gasteiger partial charge in [-0.2, -0.15) is 0 Å². The molecule has 1 fully saturated rings. The summed E-state index contributed by atoms with van der Waals surface area (Å²) in [5.41, 5.74) is 4.08. The van der Waals surface area contributed by atoms with Gasteiger partial charge < -0.3 is 9.64 Å². The van der Waals surface area contributed by atoms with Gasteiger partial charge in [0.2, 0.25) is 0 Å². The predicted molar refractivity (Wildman–Crippen MR) is 116 cm³/mol. The fraction of sp³-hybridized carbons (Fsp3) is 0.375. The fourth-order valence-corrected chi connectivity index (χ4v) is 5.06. The zero-order valence-electron chi connectivity index (χ0n) is 16.2. The molecule has 2 aromatic carbocycles. The predicted octanol–water partition coefficient (Wildman–Crippen LogP) is 5.16. The summed E-state index contributed by atoms with van der Waals surface area (Å²) in [5.74, 6) is -0.371. The Morgan fingerprint density at radius 3 is 2.71 bits per heavy atom. The molecule has 2 aromatic rings. The van der Waals surface area contributed by atoms with Gasteiger partial charge in [0.05, 0.1) is 13.0 Å². The number of benzene rings is 2. The van der Waals surface area contributed by atoms with E-state index in [1.807, 2.05) is 24.3 Å². The fourth-order valence-electron chi connectivity index (χ4n) is 4.64. The van der Waals surface area contributed by atoms with Gasteiger partial charge in [0.1, 0.15) is 0 Å². The largest absolute Gasteiger partial charge is 0.469 e. The van der Waals surface area contributed by atoms with Crippen LogP contribution in [0.1, 0.15) is 41.9 Å². The van der Waals surface area contributed by atoms with Crippen LogP contribution in [0.3, 0.4) is 0 Å². The second-order valence-corrected chi connectivity index (χ2v) is 8.75. The third kappa shape index (κ3) is 3.81. The van der Waals surface area contributed by atoms with Crippen molar-refractivity contribution in [2.45, 2.75) is 30.6 Å². The molecule has 0 saturated carbocycles. The molecule has 0 radical (unpaired) electrons. The number of likely N-dealkylation sites (tertiary alicyclic amines) is 1. The van der Waals surface area contributed by atoms with Gasteiger partial charge in [-0.15, -0.1) is 0 Å². The first-order valence-electron chi connectivity index (χ1n) is 9.96. The molecule has 0 aromatic heterocycles. The number of piperidine rings is 1. The minimum atomic E-state index is -0.217. The van der Waals surface area contributed by atoms with Crippen molar-refractivity contribution >= 4 is 28.0 Å².